The Balaban J connectivity index is 1.75. The van der Waals surface area contributed by atoms with E-state index < -0.39 is 10.0 Å². The van der Waals surface area contributed by atoms with Crippen LogP contribution < -0.4 is 5.32 Å². The highest BCUT2D eigenvalue weighted by molar-refractivity contribution is 7.89. The molecular formula is C23H26N2O3S. The minimum absolute atomic E-state index is 0.206. The number of sulfonamides is 1. The van der Waals surface area contributed by atoms with E-state index in [0.29, 0.717) is 24.3 Å². The first-order valence-electron chi connectivity index (χ1n) is 9.86. The fraction of sp³-hybridized carbons (Fsp3) is 0.261. The van der Waals surface area contributed by atoms with Crippen molar-refractivity contribution in [2.75, 3.05) is 18.4 Å². The number of nitrogens with one attached hydrogen (secondary N) is 1. The first kappa shape index (κ1) is 21.0. The molecule has 0 atom stereocenters. The Morgan fingerprint density at radius 3 is 2.28 bits per heavy atom. The summed E-state index contributed by atoms with van der Waals surface area (Å²) >= 11 is 0. The van der Waals surface area contributed by atoms with Gasteiger partial charge in [-0.15, -0.1) is 0 Å². The van der Waals surface area contributed by atoms with Crippen molar-refractivity contribution in [3.05, 3.63) is 72.3 Å². The predicted molar refractivity (Wildman–Crippen MR) is 118 cm³/mol. The predicted octanol–water partition coefficient (Wildman–Crippen LogP) is 4.90. The minimum Gasteiger partial charge on any atom is -0.322 e. The van der Waals surface area contributed by atoms with Crippen LogP contribution in [0.15, 0.2) is 71.6 Å². The second-order valence-electron chi connectivity index (χ2n) is 6.89. The number of fused-ring (bicyclic) bond motifs is 1. The Morgan fingerprint density at radius 1 is 0.931 bits per heavy atom. The number of benzene rings is 3. The zero-order valence-corrected chi connectivity index (χ0v) is 17.6. The number of carbonyl (C=O) groups excluding carboxylic acids is 1. The number of hydrogen-bond donors (Lipinski definition) is 1. The summed E-state index contributed by atoms with van der Waals surface area (Å²) in [5.74, 6) is -0.275. The third-order valence-electron chi connectivity index (χ3n) is 4.88. The van der Waals surface area contributed by atoms with Crippen molar-refractivity contribution in [2.45, 2.75) is 31.6 Å². The standard InChI is InChI=1S/C23H26N2O3S/c1-3-5-16-25(4-2)29(27,28)22-14-11-19(12-15-22)23(26)24-21-13-10-18-8-6-7-9-20(18)17-21/h6-15,17H,3-5,16H2,1-2H3,(H,24,26). The maximum absolute atomic E-state index is 12.8. The Bertz CT molecular complexity index is 1090. The maximum Gasteiger partial charge on any atom is 0.255 e. The molecule has 0 bridgehead atoms. The summed E-state index contributed by atoms with van der Waals surface area (Å²) in [6.45, 7) is 4.79. The van der Waals surface area contributed by atoms with E-state index in [1.54, 1.807) is 12.1 Å². The van der Waals surface area contributed by atoms with Crippen LogP contribution >= 0.6 is 0 Å². The molecule has 3 aromatic rings. The van der Waals surface area contributed by atoms with Crippen molar-refractivity contribution in [3.63, 3.8) is 0 Å². The zero-order valence-electron chi connectivity index (χ0n) is 16.8. The zero-order chi connectivity index (χ0) is 20.9. The van der Waals surface area contributed by atoms with Crippen molar-refractivity contribution in [1.29, 1.82) is 0 Å². The van der Waals surface area contributed by atoms with E-state index in [9.17, 15) is 13.2 Å². The second kappa shape index (κ2) is 9.20. The summed E-state index contributed by atoms with van der Waals surface area (Å²) in [6, 6.07) is 19.8. The van der Waals surface area contributed by atoms with Crippen molar-refractivity contribution < 1.29 is 13.2 Å². The van der Waals surface area contributed by atoms with Gasteiger partial charge in [0.05, 0.1) is 4.90 Å². The Hall–Kier alpha value is -2.70. The van der Waals surface area contributed by atoms with Crippen LogP contribution in [0.3, 0.4) is 0 Å². The molecule has 0 saturated carbocycles. The van der Waals surface area contributed by atoms with Crippen LogP contribution in [0.5, 0.6) is 0 Å². The van der Waals surface area contributed by atoms with Crippen LogP contribution in [-0.2, 0) is 10.0 Å². The molecule has 5 nitrogen and oxygen atoms in total. The van der Waals surface area contributed by atoms with Crippen LogP contribution in [0.25, 0.3) is 10.8 Å². The number of hydrogen-bond acceptors (Lipinski definition) is 3. The SMILES string of the molecule is CCCCN(CC)S(=O)(=O)c1ccc(C(=O)Nc2ccc3ccccc3c2)cc1. The molecule has 0 aliphatic heterocycles. The molecule has 1 amide bonds. The van der Waals surface area contributed by atoms with E-state index in [2.05, 4.69) is 5.32 Å². The molecule has 0 radical (unpaired) electrons. The van der Waals surface area contributed by atoms with Gasteiger partial charge in [0.25, 0.3) is 5.91 Å². The average Bonchev–Trinajstić information content (AvgIpc) is 2.74. The molecule has 0 aliphatic carbocycles. The summed E-state index contributed by atoms with van der Waals surface area (Å²) in [5.41, 5.74) is 1.11. The Labute approximate surface area is 172 Å². The van der Waals surface area contributed by atoms with Crippen LogP contribution in [-0.4, -0.2) is 31.7 Å². The molecule has 152 valence electrons. The van der Waals surface area contributed by atoms with Gasteiger partial charge in [0.15, 0.2) is 0 Å². The van der Waals surface area contributed by atoms with Crippen molar-refractivity contribution in [3.8, 4) is 0 Å². The maximum atomic E-state index is 12.8. The summed E-state index contributed by atoms with van der Waals surface area (Å²) in [4.78, 5) is 12.8. The third kappa shape index (κ3) is 4.83. The summed E-state index contributed by atoms with van der Waals surface area (Å²) < 4.78 is 27.1. The number of carbonyl (C=O) groups is 1. The van der Waals surface area contributed by atoms with Crippen LogP contribution in [0, 0.1) is 0 Å². The van der Waals surface area contributed by atoms with Gasteiger partial charge in [-0.3, -0.25) is 4.79 Å². The van der Waals surface area contributed by atoms with Crippen molar-refractivity contribution >= 4 is 32.4 Å². The molecule has 3 rings (SSSR count). The highest BCUT2D eigenvalue weighted by Gasteiger charge is 2.22. The van der Waals surface area contributed by atoms with Gasteiger partial charge < -0.3 is 5.32 Å². The quantitative estimate of drug-likeness (QED) is 0.574. The number of anilines is 1. The Kier molecular flexibility index (Phi) is 6.67. The highest BCUT2D eigenvalue weighted by Crippen LogP contribution is 2.21. The first-order valence-corrected chi connectivity index (χ1v) is 11.3. The molecule has 0 aliphatic rings. The van der Waals surface area contributed by atoms with Gasteiger partial charge in [-0.2, -0.15) is 4.31 Å². The lowest BCUT2D eigenvalue weighted by atomic mass is 10.1. The van der Waals surface area contributed by atoms with Gasteiger partial charge in [-0.05, 0) is 53.6 Å². The van der Waals surface area contributed by atoms with Crippen LogP contribution in [0.2, 0.25) is 0 Å². The average molecular weight is 411 g/mol. The summed E-state index contributed by atoms with van der Waals surface area (Å²) in [5, 5.41) is 5.01. The van der Waals surface area contributed by atoms with E-state index >= 15 is 0 Å². The molecule has 0 aromatic heterocycles. The molecule has 0 heterocycles. The van der Waals surface area contributed by atoms with Crippen LogP contribution in [0.4, 0.5) is 5.69 Å². The second-order valence-corrected chi connectivity index (χ2v) is 8.83. The number of nitrogens with zero attached hydrogens (tertiary/aromatic N) is 1. The van der Waals surface area contributed by atoms with Gasteiger partial charge >= 0.3 is 0 Å². The monoisotopic (exact) mass is 410 g/mol. The number of rotatable bonds is 8. The molecule has 3 aromatic carbocycles. The normalized spacial score (nSPS) is 11.7. The molecule has 0 unspecified atom stereocenters. The molecule has 0 saturated heterocycles. The van der Waals surface area contributed by atoms with Gasteiger partial charge in [-0.25, -0.2) is 8.42 Å². The van der Waals surface area contributed by atoms with Crippen molar-refractivity contribution in [1.82, 2.24) is 4.31 Å². The van der Waals surface area contributed by atoms with E-state index in [-0.39, 0.29) is 10.8 Å². The lowest BCUT2D eigenvalue weighted by Gasteiger charge is -2.20. The van der Waals surface area contributed by atoms with E-state index in [1.807, 2.05) is 56.3 Å². The minimum atomic E-state index is -3.55. The van der Waals surface area contributed by atoms with Crippen molar-refractivity contribution in [2.24, 2.45) is 0 Å². The fourth-order valence-corrected chi connectivity index (χ4v) is 4.67. The molecule has 1 N–H and O–H groups in total. The van der Waals surface area contributed by atoms with E-state index in [0.717, 1.165) is 23.6 Å². The molecule has 29 heavy (non-hydrogen) atoms. The molecule has 6 heteroatoms. The summed E-state index contributed by atoms with van der Waals surface area (Å²) in [7, 11) is -3.55. The van der Waals surface area contributed by atoms with E-state index in [1.165, 1.54) is 16.4 Å². The van der Waals surface area contributed by atoms with Gasteiger partial charge in [-0.1, -0.05) is 50.6 Å². The first-order chi connectivity index (χ1) is 14.0. The van der Waals surface area contributed by atoms with Crippen LogP contribution in [0.1, 0.15) is 37.0 Å². The Morgan fingerprint density at radius 2 is 1.62 bits per heavy atom. The number of amides is 1. The highest BCUT2D eigenvalue weighted by atomic mass is 32.2. The summed E-state index contributed by atoms with van der Waals surface area (Å²) in [6.07, 6.45) is 1.75. The molecule has 0 spiro atoms. The topological polar surface area (TPSA) is 66.5 Å². The van der Waals surface area contributed by atoms with Gasteiger partial charge in [0, 0.05) is 24.3 Å². The molecular weight excluding hydrogens is 384 g/mol. The lowest BCUT2D eigenvalue weighted by molar-refractivity contribution is 0.102. The van der Waals surface area contributed by atoms with Gasteiger partial charge in [0.1, 0.15) is 0 Å². The largest absolute Gasteiger partial charge is 0.322 e. The third-order valence-corrected chi connectivity index (χ3v) is 6.86. The lowest BCUT2D eigenvalue weighted by Crippen LogP contribution is -2.31. The van der Waals surface area contributed by atoms with Gasteiger partial charge in [0.2, 0.25) is 10.0 Å². The van der Waals surface area contributed by atoms with E-state index in [4.69, 9.17) is 0 Å². The molecule has 0 fully saturated rings. The fourth-order valence-electron chi connectivity index (χ4n) is 3.18. The number of unbranched alkanes of at least 4 members (excludes halogenated alkanes) is 1. The smallest absolute Gasteiger partial charge is 0.255 e.